The molecule has 0 saturated heterocycles. The van der Waals surface area contributed by atoms with Crippen LogP contribution in [0.2, 0.25) is 0 Å². The molecule has 0 radical (unpaired) electrons. The van der Waals surface area contributed by atoms with Crippen LogP contribution in [-0.4, -0.2) is 24.6 Å². The average molecular weight is 503 g/mol. The van der Waals surface area contributed by atoms with E-state index in [0.717, 1.165) is 20.4 Å². The van der Waals surface area contributed by atoms with E-state index in [1.54, 1.807) is 24.3 Å². The molecule has 0 saturated carbocycles. The minimum Gasteiger partial charge on any atom is -0.457 e. The topological polar surface area (TPSA) is 92.9 Å². The van der Waals surface area contributed by atoms with Crippen molar-refractivity contribution in [3.63, 3.8) is 0 Å². The lowest BCUT2D eigenvalue weighted by Gasteiger charge is -2.06. The van der Waals surface area contributed by atoms with Gasteiger partial charge in [-0.2, -0.15) is 5.10 Å². The summed E-state index contributed by atoms with van der Waals surface area (Å²) in [5, 5.41) is 6.97. The van der Waals surface area contributed by atoms with Crippen molar-refractivity contribution >= 4 is 46.4 Å². The number of amides is 1. The van der Waals surface area contributed by atoms with Crippen LogP contribution in [0, 0.1) is 10.5 Å². The van der Waals surface area contributed by atoms with Crippen molar-refractivity contribution in [2.24, 2.45) is 5.10 Å². The first-order valence-electron chi connectivity index (χ1n) is 8.69. The summed E-state index contributed by atoms with van der Waals surface area (Å²) in [4.78, 5) is 23.8. The van der Waals surface area contributed by atoms with Gasteiger partial charge in [-0.1, -0.05) is 17.7 Å². The summed E-state index contributed by atoms with van der Waals surface area (Å²) < 4.78 is 11.0. The van der Waals surface area contributed by atoms with Gasteiger partial charge in [-0.05, 0) is 77.5 Å². The number of hydrogen-bond donors (Lipinski definition) is 2. The van der Waals surface area contributed by atoms with E-state index < -0.39 is 5.97 Å². The SMILES string of the molecule is Cc1ccc(NCC(=O)NN=Cc2ccc(OC(=O)c3ccco3)c(I)c2)cc1. The Hall–Kier alpha value is -3.14. The van der Waals surface area contributed by atoms with E-state index in [9.17, 15) is 9.59 Å². The van der Waals surface area contributed by atoms with Crippen LogP contribution in [0.4, 0.5) is 5.69 Å². The van der Waals surface area contributed by atoms with Gasteiger partial charge >= 0.3 is 5.97 Å². The van der Waals surface area contributed by atoms with Gasteiger partial charge in [0.25, 0.3) is 5.91 Å². The van der Waals surface area contributed by atoms with Gasteiger partial charge in [-0.25, -0.2) is 10.2 Å². The van der Waals surface area contributed by atoms with E-state index in [4.69, 9.17) is 9.15 Å². The fraction of sp³-hybridized carbons (Fsp3) is 0.0952. The Morgan fingerprint density at radius 2 is 1.97 bits per heavy atom. The lowest BCUT2D eigenvalue weighted by Crippen LogP contribution is -2.25. The summed E-state index contributed by atoms with van der Waals surface area (Å²) in [6, 6.07) is 16.1. The van der Waals surface area contributed by atoms with E-state index in [1.165, 1.54) is 18.5 Å². The number of hydrogen-bond acceptors (Lipinski definition) is 6. The van der Waals surface area contributed by atoms with Crippen molar-refractivity contribution in [1.82, 2.24) is 5.43 Å². The fourth-order valence-electron chi connectivity index (χ4n) is 2.30. The molecule has 3 rings (SSSR count). The Balaban J connectivity index is 1.50. The van der Waals surface area contributed by atoms with E-state index in [1.807, 2.05) is 31.2 Å². The van der Waals surface area contributed by atoms with Crippen LogP contribution in [0.15, 0.2) is 70.4 Å². The predicted octanol–water partition coefficient (Wildman–Crippen LogP) is 3.97. The number of rotatable bonds is 7. The Morgan fingerprint density at radius 3 is 2.66 bits per heavy atom. The highest BCUT2D eigenvalue weighted by atomic mass is 127. The predicted molar refractivity (Wildman–Crippen MR) is 118 cm³/mol. The quantitative estimate of drug-likeness (QED) is 0.167. The van der Waals surface area contributed by atoms with Gasteiger partial charge in [-0.15, -0.1) is 0 Å². The maximum Gasteiger partial charge on any atom is 0.379 e. The standard InChI is InChI=1S/C21H18IN3O4/c1-14-4-7-16(8-5-14)23-13-20(26)25-24-12-15-6-9-18(17(22)11-15)29-21(27)19-3-2-10-28-19/h2-12,23H,13H2,1H3,(H,25,26). The van der Waals surface area contributed by atoms with Crippen molar-refractivity contribution in [3.05, 3.63) is 81.3 Å². The Bertz CT molecular complexity index is 1010. The van der Waals surface area contributed by atoms with Crippen LogP contribution in [0.5, 0.6) is 5.75 Å². The highest BCUT2D eigenvalue weighted by Crippen LogP contribution is 2.22. The van der Waals surface area contributed by atoms with Crippen LogP contribution in [0.3, 0.4) is 0 Å². The Kier molecular flexibility index (Phi) is 7.01. The number of carbonyl (C=O) groups is 2. The molecule has 3 aromatic rings. The number of halogens is 1. The van der Waals surface area contributed by atoms with Crippen LogP contribution < -0.4 is 15.5 Å². The second kappa shape index (κ2) is 9.87. The number of esters is 1. The molecule has 148 valence electrons. The maximum atomic E-state index is 11.9. The van der Waals surface area contributed by atoms with Crippen LogP contribution >= 0.6 is 22.6 Å². The summed E-state index contributed by atoms with van der Waals surface area (Å²) in [6.45, 7) is 2.11. The largest absolute Gasteiger partial charge is 0.457 e. The first kappa shape index (κ1) is 20.6. The molecule has 0 atom stereocenters. The molecule has 0 bridgehead atoms. The first-order valence-corrected chi connectivity index (χ1v) is 9.77. The highest BCUT2D eigenvalue weighted by molar-refractivity contribution is 14.1. The van der Waals surface area contributed by atoms with E-state index >= 15 is 0 Å². The maximum absolute atomic E-state index is 11.9. The van der Waals surface area contributed by atoms with Gasteiger partial charge in [0.2, 0.25) is 5.76 Å². The Morgan fingerprint density at radius 1 is 1.17 bits per heavy atom. The van der Waals surface area contributed by atoms with Crippen molar-refractivity contribution in [1.29, 1.82) is 0 Å². The van der Waals surface area contributed by atoms with Gasteiger partial charge < -0.3 is 14.5 Å². The van der Waals surface area contributed by atoms with Crippen molar-refractivity contribution in [3.8, 4) is 5.75 Å². The molecule has 29 heavy (non-hydrogen) atoms. The summed E-state index contributed by atoms with van der Waals surface area (Å²) in [5.74, 6) is -0.285. The summed E-state index contributed by atoms with van der Waals surface area (Å²) >= 11 is 2.06. The molecule has 0 aliphatic rings. The second-order valence-corrected chi connectivity index (χ2v) is 7.23. The Labute approximate surface area is 181 Å². The fourth-order valence-corrected chi connectivity index (χ4v) is 2.95. The van der Waals surface area contributed by atoms with Crippen molar-refractivity contribution in [2.75, 3.05) is 11.9 Å². The number of hydrazone groups is 1. The lowest BCUT2D eigenvalue weighted by atomic mass is 10.2. The minimum atomic E-state index is -0.567. The molecule has 2 aromatic carbocycles. The molecule has 0 aliphatic carbocycles. The zero-order chi connectivity index (χ0) is 20.6. The van der Waals surface area contributed by atoms with Crippen LogP contribution in [-0.2, 0) is 4.79 Å². The molecule has 0 unspecified atom stereocenters. The van der Waals surface area contributed by atoms with Crippen molar-refractivity contribution < 1.29 is 18.7 Å². The van der Waals surface area contributed by atoms with Gasteiger partial charge in [0.1, 0.15) is 5.75 Å². The molecule has 1 heterocycles. The van der Waals surface area contributed by atoms with Crippen LogP contribution in [0.1, 0.15) is 21.7 Å². The summed E-state index contributed by atoms with van der Waals surface area (Å²) in [7, 11) is 0. The average Bonchev–Trinajstić information content (AvgIpc) is 3.24. The number of aryl methyl sites for hydroxylation is 1. The molecule has 1 amide bonds. The van der Waals surface area contributed by atoms with Gasteiger partial charge in [0, 0.05) is 5.69 Å². The van der Waals surface area contributed by atoms with E-state index in [2.05, 4.69) is 38.4 Å². The highest BCUT2D eigenvalue weighted by Gasteiger charge is 2.13. The normalized spacial score (nSPS) is 10.7. The van der Waals surface area contributed by atoms with E-state index in [0.29, 0.717) is 5.75 Å². The second-order valence-electron chi connectivity index (χ2n) is 6.07. The molecule has 2 N–H and O–H groups in total. The molecule has 0 aliphatic heterocycles. The zero-order valence-electron chi connectivity index (χ0n) is 15.5. The monoisotopic (exact) mass is 503 g/mol. The molecule has 7 nitrogen and oxygen atoms in total. The molecule has 0 fully saturated rings. The third-order valence-electron chi connectivity index (χ3n) is 3.79. The zero-order valence-corrected chi connectivity index (χ0v) is 17.7. The third-order valence-corrected chi connectivity index (χ3v) is 4.63. The summed E-state index contributed by atoms with van der Waals surface area (Å²) in [5.41, 5.74) is 5.23. The van der Waals surface area contributed by atoms with Crippen molar-refractivity contribution in [2.45, 2.75) is 6.92 Å². The van der Waals surface area contributed by atoms with Gasteiger partial charge in [-0.3, -0.25) is 4.79 Å². The molecular formula is C21H18IN3O4. The number of anilines is 1. The number of benzene rings is 2. The summed E-state index contributed by atoms with van der Waals surface area (Å²) in [6.07, 6.45) is 2.93. The smallest absolute Gasteiger partial charge is 0.379 e. The number of carbonyl (C=O) groups excluding carboxylic acids is 2. The number of furan rings is 1. The number of nitrogens with zero attached hydrogens (tertiary/aromatic N) is 1. The molecule has 1 aromatic heterocycles. The first-order chi connectivity index (χ1) is 14.0. The van der Waals surface area contributed by atoms with Gasteiger partial charge in [0.15, 0.2) is 0 Å². The van der Waals surface area contributed by atoms with E-state index in [-0.39, 0.29) is 18.2 Å². The number of ether oxygens (including phenoxy) is 1. The molecule has 0 spiro atoms. The third kappa shape index (κ3) is 6.18. The molecule has 8 heteroatoms. The minimum absolute atomic E-state index is 0.111. The van der Waals surface area contributed by atoms with Crippen LogP contribution in [0.25, 0.3) is 0 Å². The van der Waals surface area contributed by atoms with Gasteiger partial charge in [0.05, 0.1) is 22.6 Å². The number of nitrogens with one attached hydrogen (secondary N) is 2. The molecular weight excluding hydrogens is 485 g/mol. The lowest BCUT2D eigenvalue weighted by molar-refractivity contribution is -0.119.